The molecule has 7 heteroatoms. The van der Waals surface area contributed by atoms with E-state index in [1.165, 1.54) is 12.4 Å². The van der Waals surface area contributed by atoms with E-state index in [4.69, 9.17) is 9.47 Å². The molecule has 0 aromatic carbocycles. The molecule has 0 aliphatic carbocycles. The predicted octanol–water partition coefficient (Wildman–Crippen LogP) is 3.67. The van der Waals surface area contributed by atoms with Gasteiger partial charge < -0.3 is 9.47 Å². The van der Waals surface area contributed by atoms with Crippen LogP contribution < -0.4 is 5.32 Å². The molecular formula is C18H21N3O4. The van der Waals surface area contributed by atoms with Crippen molar-refractivity contribution < 1.29 is 19.1 Å². The van der Waals surface area contributed by atoms with Gasteiger partial charge in [-0.2, -0.15) is 0 Å². The normalized spacial score (nSPS) is 10.9. The highest BCUT2D eigenvalue weighted by molar-refractivity contribution is 5.90. The highest BCUT2D eigenvalue weighted by Gasteiger charge is 2.16. The van der Waals surface area contributed by atoms with E-state index in [-0.39, 0.29) is 0 Å². The monoisotopic (exact) mass is 343 g/mol. The summed E-state index contributed by atoms with van der Waals surface area (Å²) in [7, 11) is 0. The molecule has 0 aliphatic heterocycles. The van der Waals surface area contributed by atoms with Crippen molar-refractivity contribution in [2.45, 2.75) is 33.3 Å². The maximum absolute atomic E-state index is 11.8. The van der Waals surface area contributed by atoms with Gasteiger partial charge in [-0.3, -0.25) is 15.3 Å². The first kappa shape index (κ1) is 18.4. The van der Waals surface area contributed by atoms with E-state index in [0.717, 1.165) is 0 Å². The number of pyridine rings is 2. The third kappa shape index (κ3) is 5.56. The zero-order valence-corrected chi connectivity index (χ0v) is 14.7. The number of carbonyl (C=O) groups is 2. The summed E-state index contributed by atoms with van der Waals surface area (Å²) in [5, 5.41) is 2.61. The predicted molar refractivity (Wildman–Crippen MR) is 93.3 cm³/mol. The van der Waals surface area contributed by atoms with Gasteiger partial charge in [-0.05, 0) is 45.9 Å². The third-order valence-electron chi connectivity index (χ3n) is 2.95. The van der Waals surface area contributed by atoms with Crippen LogP contribution in [0.5, 0.6) is 0 Å². The molecule has 0 spiro atoms. The molecule has 132 valence electrons. The summed E-state index contributed by atoms with van der Waals surface area (Å²) in [6.45, 7) is 7.41. The highest BCUT2D eigenvalue weighted by atomic mass is 16.6. The number of esters is 1. The van der Waals surface area contributed by atoms with Crippen molar-refractivity contribution in [2.75, 3.05) is 11.9 Å². The minimum atomic E-state index is -0.573. The fourth-order valence-corrected chi connectivity index (χ4v) is 1.97. The molecule has 25 heavy (non-hydrogen) atoms. The zero-order valence-electron chi connectivity index (χ0n) is 14.7. The molecule has 0 radical (unpaired) electrons. The lowest BCUT2D eigenvalue weighted by Crippen LogP contribution is -2.27. The van der Waals surface area contributed by atoms with Crippen molar-refractivity contribution in [3.8, 4) is 11.3 Å². The van der Waals surface area contributed by atoms with E-state index in [9.17, 15) is 9.59 Å². The van der Waals surface area contributed by atoms with Gasteiger partial charge in [0.25, 0.3) is 0 Å². The first-order valence-electron chi connectivity index (χ1n) is 7.87. The maximum atomic E-state index is 11.8. The van der Waals surface area contributed by atoms with Gasteiger partial charge in [-0.25, -0.2) is 9.59 Å². The van der Waals surface area contributed by atoms with Crippen LogP contribution in [0.15, 0.2) is 36.8 Å². The molecule has 2 heterocycles. The van der Waals surface area contributed by atoms with Crippen LogP contribution in [-0.2, 0) is 9.47 Å². The topological polar surface area (TPSA) is 90.4 Å². The Morgan fingerprint density at radius 2 is 1.92 bits per heavy atom. The van der Waals surface area contributed by atoms with Crippen molar-refractivity contribution >= 4 is 17.7 Å². The fourth-order valence-electron chi connectivity index (χ4n) is 1.97. The van der Waals surface area contributed by atoms with Gasteiger partial charge >= 0.3 is 12.1 Å². The molecule has 2 aromatic heterocycles. The second kappa shape index (κ2) is 7.74. The van der Waals surface area contributed by atoms with Gasteiger partial charge in [0.1, 0.15) is 5.60 Å². The smallest absolute Gasteiger partial charge is 0.412 e. The van der Waals surface area contributed by atoms with E-state index < -0.39 is 17.7 Å². The maximum Gasteiger partial charge on any atom is 0.412 e. The lowest BCUT2D eigenvalue weighted by atomic mass is 10.1. The number of aromatic nitrogens is 2. The Hall–Kier alpha value is -2.96. The number of hydrogen-bond donors (Lipinski definition) is 1. The summed E-state index contributed by atoms with van der Waals surface area (Å²) < 4.78 is 10.1. The van der Waals surface area contributed by atoms with E-state index in [0.29, 0.717) is 29.1 Å². The molecule has 0 unspecified atom stereocenters. The molecule has 0 saturated heterocycles. The second-order valence-electron chi connectivity index (χ2n) is 6.24. The van der Waals surface area contributed by atoms with Crippen LogP contribution in [0.25, 0.3) is 11.3 Å². The Morgan fingerprint density at radius 3 is 2.52 bits per heavy atom. The number of anilines is 1. The Labute approximate surface area is 146 Å². The van der Waals surface area contributed by atoms with Crippen LogP contribution >= 0.6 is 0 Å². The molecule has 0 fully saturated rings. The largest absolute Gasteiger partial charge is 0.462 e. The van der Waals surface area contributed by atoms with E-state index in [2.05, 4.69) is 15.3 Å². The molecule has 0 atom stereocenters. The van der Waals surface area contributed by atoms with Crippen molar-refractivity contribution in [2.24, 2.45) is 0 Å². The lowest BCUT2D eigenvalue weighted by Gasteiger charge is -2.19. The molecule has 2 aromatic rings. The Morgan fingerprint density at radius 1 is 1.16 bits per heavy atom. The van der Waals surface area contributed by atoms with Crippen LogP contribution in [0.3, 0.4) is 0 Å². The summed E-state index contributed by atoms with van der Waals surface area (Å²) in [4.78, 5) is 31.8. The van der Waals surface area contributed by atoms with Gasteiger partial charge in [-0.1, -0.05) is 0 Å². The number of nitrogens with zero attached hydrogens (tertiary/aromatic N) is 2. The van der Waals surface area contributed by atoms with E-state index >= 15 is 0 Å². The van der Waals surface area contributed by atoms with Crippen LogP contribution in [0.1, 0.15) is 38.1 Å². The average Bonchev–Trinajstić information content (AvgIpc) is 2.54. The van der Waals surface area contributed by atoms with E-state index in [1.54, 1.807) is 52.1 Å². The van der Waals surface area contributed by atoms with Crippen LogP contribution in [0, 0.1) is 0 Å². The number of nitrogens with one attached hydrogen (secondary N) is 1. The molecular weight excluding hydrogens is 322 g/mol. The van der Waals surface area contributed by atoms with Gasteiger partial charge in [0.05, 0.1) is 29.7 Å². The number of ether oxygens (including phenoxy) is 2. The minimum absolute atomic E-state index is 0.298. The van der Waals surface area contributed by atoms with Crippen molar-refractivity contribution in [1.29, 1.82) is 0 Å². The molecule has 1 amide bonds. The minimum Gasteiger partial charge on any atom is -0.462 e. The molecule has 7 nitrogen and oxygen atoms in total. The molecule has 0 saturated carbocycles. The van der Waals surface area contributed by atoms with Crippen molar-refractivity contribution in [1.82, 2.24) is 9.97 Å². The zero-order chi connectivity index (χ0) is 18.4. The standard InChI is InChI=1S/C18H21N3O4/c1-5-24-16(22)13-8-12(9-19-10-13)15-7-6-14(11-20-15)21-17(23)25-18(2,3)4/h6-11H,5H2,1-4H3,(H,21,23). The van der Waals surface area contributed by atoms with Crippen molar-refractivity contribution in [3.63, 3.8) is 0 Å². The summed E-state index contributed by atoms with van der Waals surface area (Å²) in [6.07, 6.45) is 4.01. The third-order valence-corrected chi connectivity index (χ3v) is 2.95. The first-order chi connectivity index (χ1) is 11.8. The fraction of sp³-hybridized carbons (Fsp3) is 0.333. The summed E-state index contributed by atoms with van der Waals surface area (Å²) in [5.41, 5.74) is 1.59. The van der Waals surface area contributed by atoms with Gasteiger partial charge in [-0.15, -0.1) is 0 Å². The van der Waals surface area contributed by atoms with Gasteiger partial charge in [0.15, 0.2) is 0 Å². The lowest BCUT2D eigenvalue weighted by molar-refractivity contribution is 0.0525. The molecule has 2 rings (SSSR count). The molecule has 0 aliphatic rings. The number of carbonyl (C=O) groups excluding carboxylic acids is 2. The summed E-state index contributed by atoms with van der Waals surface area (Å²) in [5.74, 6) is -0.430. The number of amides is 1. The van der Waals surface area contributed by atoms with E-state index in [1.807, 2.05) is 0 Å². The highest BCUT2D eigenvalue weighted by Crippen LogP contribution is 2.19. The Bertz CT molecular complexity index is 752. The molecule has 1 N–H and O–H groups in total. The SMILES string of the molecule is CCOC(=O)c1cncc(-c2ccc(NC(=O)OC(C)(C)C)cn2)c1. The number of rotatable bonds is 4. The average molecular weight is 343 g/mol. The molecule has 0 bridgehead atoms. The van der Waals surface area contributed by atoms with Gasteiger partial charge in [0, 0.05) is 18.0 Å². The Balaban J connectivity index is 2.11. The quantitative estimate of drug-likeness (QED) is 0.852. The van der Waals surface area contributed by atoms with Crippen LogP contribution in [0.2, 0.25) is 0 Å². The van der Waals surface area contributed by atoms with Crippen LogP contribution in [0.4, 0.5) is 10.5 Å². The van der Waals surface area contributed by atoms with Gasteiger partial charge in [0.2, 0.25) is 0 Å². The van der Waals surface area contributed by atoms with Crippen LogP contribution in [-0.4, -0.2) is 34.2 Å². The Kier molecular flexibility index (Phi) is 5.69. The first-order valence-corrected chi connectivity index (χ1v) is 7.87. The summed E-state index contributed by atoms with van der Waals surface area (Å²) in [6, 6.07) is 5.08. The summed E-state index contributed by atoms with van der Waals surface area (Å²) >= 11 is 0. The number of hydrogen-bond acceptors (Lipinski definition) is 6. The van der Waals surface area contributed by atoms with Crippen molar-refractivity contribution in [3.05, 3.63) is 42.4 Å². The second-order valence-corrected chi connectivity index (χ2v) is 6.24.